The van der Waals surface area contributed by atoms with E-state index in [0.717, 1.165) is 0 Å². The van der Waals surface area contributed by atoms with Crippen LogP contribution in [0.15, 0.2) is 47.3 Å². The number of carbonyl (C=O) groups is 1. The predicted octanol–water partition coefficient (Wildman–Crippen LogP) is 0.743. The van der Waals surface area contributed by atoms with Crippen molar-refractivity contribution in [3.8, 4) is 5.75 Å². The number of aromatic amines is 1. The molecule has 0 aliphatic heterocycles. The van der Waals surface area contributed by atoms with E-state index in [0.29, 0.717) is 11.4 Å². The molecule has 0 saturated heterocycles. The summed E-state index contributed by atoms with van der Waals surface area (Å²) < 4.78 is 17.9. The van der Waals surface area contributed by atoms with Gasteiger partial charge in [-0.3, -0.25) is 9.59 Å². The summed E-state index contributed by atoms with van der Waals surface area (Å²) in [5, 5.41) is 12.3. The normalized spacial score (nSPS) is 11.7. The van der Waals surface area contributed by atoms with Crippen molar-refractivity contribution in [3.05, 3.63) is 64.3 Å². The van der Waals surface area contributed by atoms with Crippen LogP contribution in [0.2, 0.25) is 0 Å². The highest BCUT2D eigenvalue weighted by atomic mass is 19.1. The van der Waals surface area contributed by atoms with Crippen LogP contribution in [0.4, 0.5) is 4.39 Å². The van der Waals surface area contributed by atoms with E-state index in [9.17, 15) is 19.1 Å². The molecule has 2 rings (SSSR count). The number of nitrogens with one attached hydrogen (secondary N) is 2. The molecule has 7 heteroatoms. The number of hydrogen-bond acceptors (Lipinski definition) is 4. The molecule has 22 heavy (non-hydrogen) atoms. The summed E-state index contributed by atoms with van der Waals surface area (Å²) in [5.41, 5.74) is -0.0187. The van der Waals surface area contributed by atoms with Crippen LogP contribution < -0.4 is 15.6 Å². The van der Waals surface area contributed by atoms with E-state index in [4.69, 9.17) is 4.74 Å². The van der Waals surface area contributed by atoms with Gasteiger partial charge in [0, 0.05) is 18.3 Å². The zero-order valence-electron chi connectivity index (χ0n) is 11.6. The molecular weight excluding hydrogens is 291 g/mol. The van der Waals surface area contributed by atoms with Crippen LogP contribution in [0.5, 0.6) is 5.75 Å². The zero-order valence-corrected chi connectivity index (χ0v) is 11.6. The van der Waals surface area contributed by atoms with Crippen molar-refractivity contribution in [2.24, 2.45) is 0 Å². The number of benzene rings is 1. The van der Waals surface area contributed by atoms with Crippen molar-refractivity contribution in [2.75, 3.05) is 13.2 Å². The maximum Gasteiger partial charge on any atom is 0.258 e. The number of rotatable bonds is 6. The molecule has 1 aromatic carbocycles. The van der Waals surface area contributed by atoms with Gasteiger partial charge in [0.1, 0.15) is 17.7 Å². The maximum atomic E-state index is 12.7. The van der Waals surface area contributed by atoms with E-state index >= 15 is 0 Å². The molecule has 2 aromatic rings. The molecule has 1 atom stereocenters. The van der Waals surface area contributed by atoms with Crippen LogP contribution in [0.3, 0.4) is 0 Å². The first-order valence-corrected chi connectivity index (χ1v) is 6.57. The lowest BCUT2D eigenvalue weighted by molar-refractivity contribution is -0.123. The average molecular weight is 306 g/mol. The Morgan fingerprint density at radius 3 is 2.68 bits per heavy atom. The highest BCUT2D eigenvalue weighted by molar-refractivity contribution is 5.77. The van der Waals surface area contributed by atoms with Crippen LogP contribution >= 0.6 is 0 Å². The van der Waals surface area contributed by atoms with E-state index in [1.54, 1.807) is 6.07 Å². The number of H-pyrrole nitrogens is 1. The fraction of sp³-hybridized carbons (Fsp3) is 0.200. The first-order valence-electron chi connectivity index (χ1n) is 6.57. The Bertz CT molecular complexity index is 684. The highest BCUT2D eigenvalue weighted by Gasteiger charge is 2.10. The third kappa shape index (κ3) is 4.71. The molecule has 0 saturated carbocycles. The quantitative estimate of drug-likeness (QED) is 0.734. The molecule has 0 bridgehead atoms. The molecule has 6 nitrogen and oxygen atoms in total. The Kier molecular flexibility index (Phi) is 5.26. The number of hydrogen-bond donors (Lipinski definition) is 3. The summed E-state index contributed by atoms with van der Waals surface area (Å²) in [6.45, 7) is -0.324. The molecule has 1 aromatic heterocycles. The Hall–Kier alpha value is -2.67. The van der Waals surface area contributed by atoms with Crippen LogP contribution in [-0.4, -0.2) is 29.1 Å². The number of carbonyl (C=O) groups excluding carboxylic acids is 1. The van der Waals surface area contributed by atoms with Gasteiger partial charge < -0.3 is 20.1 Å². The molecule has 116 valence electrons. The number of halogens is 1. The van der Waals surface area contributed by atoms with Crippen molar-refractivity contribution >= 4 is 5.91 Å². The van der Waals surface area contributed by atoms with Crippen LogP contribution in [0.1, 0.15) is 11.8 Å². The number of pyridine rings is 1. The van der Waals surface area contributed by atoms with Crippen LogP contribution in [0.25, 0.3) is 0 Å². The first-order chi connectivity index (χ1) is 10.5. The van der Waals surface area contributed by atoms with Gasteiger partial charge in [0.15, 0.2) is 6.61 Å². The Balaban J connectivity index is 1.77. The van der Waals surface area contributed by atoms with E-state index in [2.05, 4.69) is 10.3 Å². The lowest BCUT2D eigenvalue weighted by Crippen LogP contribution is -2.33. The second-order valence-electron chi connectivity index (χ2n) is 4.53. The number of amides is 1. The number of aromatic nitrogens is 1. The van der Waals surface area contributed by atoms with Gasteiger partial charge in [-0.15, -0.1) is 0 Å². The predicted molar refractivity (Wildman–Crippen MR) is 76.9 cm³/mol. The Morgan fingerprint density at radius 1 is 1.27 bits per heavy atom. The van der Waals surface area contributed by atoms with Gasteiger partial charge in [0.25, 0.3) is 5.91 Å². The average Bonchev–Trinajstić information content (AvgIpc) is 2.52. The molecule has 0 radical (unpaired) electrons. The van der Waals surface area contributed by atoms with Crippen LogP contribution in [0, 0.1) is 5.82 Å². The molecule has 1 heterocycles. The van der Waals surface area contributed by atoms with Crippen LogP contribution in [-0.2, 0) is 4.79 Å². The van der Waals surface area contributed by atoms with Crippen molar-refractivity contribution < 1.29 is 19.0 Å². The minimum atomic E-state index is -1.02. The number of ether oxygens (including phenoxy) is 1. The summed E-state index contributed by atoms with van der Waals surface area (Å²) >= 11 is 0. The van der Waals surface area contributed by atoms with E-state index in [-0.39, 0.29) is 18.7 Å². The molecule has 1 amide bonds. The second-order valence-corrected chi connectivity index (χ2v) is 4.53. The minimum absolute atomic E-state index is 0.0639. The topological polar surface area (TPSA) is 91.4 Å². The van der Waals surface area contributed by atoms with Gasteiger partial charge >= 0.3 is 0 Å². The minimum Gasteiger partial charge on any atom is -0.484 e. The molecule has 1 unspecified atom stereocenters. The smallest absolute Gasteiger partial charge is 0.258 e. The van der Waals surface area contributed by atoms with Crippen molar-refractivity contribution in [2.45, 2.75) is 6.10 Å². The molecule has 0 aliphatic rings. The number of aliphatic hydroxyl groups is 1. The summed E-state index contributed by atoms with van der Waals surface area (Å²) in [6.07, 6.45) is -1.02. The molecule has 3 N–H and O–H groups in total. The lowest BCUT2D eigenvalue weighted by atomic mass is 10.2. The van der Waals surface area contributed by atoms with Crippen molar-refractivity contribution in [1.29, 1.82) is 0 Å². The monoisotopic (exact) mass is 306 g/mol. The molecule has 0 fully saturated rings. The number of aliphatic hydroxyl groups excluding tert-OH is 1. The fourth-order valence-corrected chi connectivity index (χ4v) is 1.71. The largest absolute Gasteiger partial charge is 0.484 e. The molecule has 0 spiro atoms. The van der Waals surface area contributed by atoms with Gasteiger partial charge in [-0.25, -0.2) is 4.39 Å². The third-order valence-electron chi connectivity index (χ3n) is 2.83. The zero-order chi connectivity index (χ0) is 15.9. The summed E-state index contributed by atoms with van der Waals surface area (Å²) in [6, 6.07) is 9.65. The lowest BCUT2D eigenvalue weighted by Gasteiger charge is -2.12. The van der Waals surface area contributed by atoms with Crippen molar-refractivity contribution in [3.63, 3.8) is 0 Å². The Morgan fingerprint density at radius 2 is 2.00 bits per heavy atom. The van der Waals surface area contributed by atoms with E-state index in [1.165, 1.54) is 36.4 Å². The van der Waals surface area contributed by atoms with Gasteiger partial charge in [-0.05, 0) is 30.3 Å². The maximum absolute atomic E-state index is 12.7. The first kappa shape index (κ1) is 15.7. The SMILES string of the molecule is O=C(COc1ccc(F)cc1)NCC(O)c1cccc(=O)[nH]1. The van der Waals surface area contributed by atoms with Gasteiger partial charge in [0.2, 0.25) is 5.56 Å². The standard InChI is InChI=1S/C15H15FN2O4/c16-10-4-6-11(7-5-10)22-9-15(21)17-8-13(19)12-2-1-3-14(20)18-12/h1-7,13,19H,8-9H2,(H,17,21)(H,18,20). The second kappa shape index (κ2) is 7.37. The van der Waals surface area contributed by atoms with Gasteiger partial charge in [0.05, 0.1) is 0 Å². The van der Waals surface area contributed by atoms with Gasteiger partial charge in [-0.2, -0.15) is 0 Å². The summed E-state index contributed by atoms with van der Waals surface area (Å²) in [7, 11) is 0. The van der Waals surface area contributed by atoms with E-state index < -0.39 is 17.8 Å². The third-order valence-corrected chi connectivity index (χ3v) is 2.83. The molecular formula is C15H15FN2O4. The Labute approximate surface area is 125 Å². The molecule has 0 aliphatic carbocycles. The van der Waals surface area contributed by atoms with Gasteiger partial charge in [-0.1, -0.05) is 6.07 Å². The van der Waals surface area contributed by atoms with E-state index in [1.807, 2.05) is 0 Å². The summed E-state index contributed by atoms with van der Waals surface area (Å²) in [5.74, 6) is -0.470. The highest BCUT2D eigenvalue weighted by Crippen LogP contribution is 2.10. The fourth-order valence-electron chi connectivity index (χ4n) is 1.71. The summed E-state index contributed by atoms with van der Waals surface area (Å²) in [4.78, 5) is 25.2. The van der Waals surface area contributed by atoms with Crippen molar-refractivity contribution in [1.82, 2.24) is 10.3 Å².